The Labute approximate surface area is 123 Å². The van der Waals surface area contributed by atoms with Crippen LogP contribution in [0.3, 0.4) is 0 Å². The van der Waals surface area contributed by atoms with Crippen molar-refractivity contribution in [1.82, 2.24) is 0 Å². The summed E-state index contributed by atoms with van der Waals surface area (Å²) in [5, 5.41) is 0. The second-order valence-corrected chi connectivity index (χ2v) is 5.07. The minimum Gasteiger partial charge on any atom is -0.465 e. The van der Waals surface area contributed by atoms with E-state index in [2.05, 4.69) is 4.74 Å². The number of halogens is 5. The molecule has 0 aromatic heterocycles. The van der Waals surface area contributed by atoms with Crippen LogP contribution >= 0.6 is 0 Å². The molecule has 0 amide bonds. The summed E-state index contributed by atoms with van der Waals surface area (Å²) < 4.78 is 75.9. The van der Waals surface area contributed by atoms with Gasteiger partial charge in [-0.2, -0.15) is 8.78 Å². The third-order valence-electron chi connectivity index (χ3n) is 3.61. The standard InChI is InChI=1S/C14H13F5O3/c15-11-5-10(6-12(16)13(11)17)22-14(18,19)8-1-3-9(4-2-8)21-7-20/h5-9H,1-4H2. The van der Waals surface area contributed by atoms with Crippen LogP contribution in [0.2, 0.25) is 0 Å². The molecule has 0 atom stereocenters. The van der Waals surface area contributed by atoms with Crippen molar-refractivity contribution in [3.8, 4) is 5.75 Å². The van der Waals surface area contributed by atoms with E-state index in [1.54, 1.807) is 0 Å². The van der Waals surface area contributed by atoms with Crippen molar-refractivity contribution in [2.75, 3.05) is 0 Å². The van der Waals surface area contributed by atoms with Crippen LogP contribution in [0.15, 0.2) is 12.1 Å². The van der Waals surface area contributed by atoms with Crippen LogP contribution in [-0.4, -0.2) is 18.7 Å². The first-order chi connectivity index (χ1) is 10.3. The van der Waals surface area contributed by atoms with Crippen LogP contribution in [0.5, 0.6) is 5.75 Å². The molecule has 1 aromatic rings. The van der Waals surface area contributed by atoms with Gasteiger partial charge in [-0.15, -0.1) is 0 Å². The molecule has 0 radical (unpaired) electrons. The quantitative estimate of drug-likeness (QED) is 0.469. The van der Waals surface area contributed by atoms with E-state index in [1.165, 1.54) is 0 Å². The van der Waals surface area contributed by atoms with Gasteiger partial charge in [0.25, 0.3) is 6.47 Å². The molecule has 0 aliphatic heterocycles. The lowest BCUT2D eigenvalue weighted by Gasteiger charge is -2.32. The van der Waals surface area contributed by atoms with Crippen LogP contribution in [0.1, 0.15) is 25.7 Å². The molecule has 1 aliphatic rings. The Bertz CT molecular complexity index is 518. The summed E-state index contributed by atoms with van der Waals surface area (Å²) in [6, 6.07) is 0.737. The summed E-state index contributed by atoms with van der Waals surface area (Å²) in [6.07, 6.45) is -3.54. The molecule has 0 unspecified atom stereocenters. The topological polar surface area (TPSA) is 35.5 Å². The molecule has 0 heterocycles. The van der Waals surface area contributed by atoms with Crippen LogP contribution in [-0.2, 0) is 9.53 Å². The minimum atomic E-state index is -3.66. The van der Waals surface area contributed by atoms with Gasteiger partial charge in [0, 0.05) is 12.1 Å². The van der Waals surface area contributed by atoms with Crippen LogP contribution in [0, 0.1) is 23.4 Å². The van der Waals surface area contributed by atoms with Crippen molar-refractivity contribution in [2.45, 2.75) is 37.9 Å². The molecule has 0 spiro atoms. The smallest absolute Gasteiger partial charge is 0.400 e. The van der Waals surface area contributed by atoms with Crippen molar-refractivity contribution in [1.29, 1.82) is 0 Å². The number of ether oxygens (including phenoxy) is 2. The van der Waals surface area contributed by atoms with Gasteiger partial charge >= 0.3 is 6.11 Å². The highest BCUT2D eigenvalue weighted by atomic mass is 19.3. The number of benzene rings is 1. The van der Waals surface area contributed by atoms with Gasteiger partial charge in [0.2, 0.25) is 0 Å². The highest BCUT2D eigenvalue weighted by Crippen LogP contribution is 2.39. The molecule has 8 heteroatoms. The fraction of sp³-hybridized carbons (Fsp3) is 0.500. The van der Waals surface area contributed by atoms with Gasteiger partial charge in [0.05, 0.1) is 5.92 Å². The Morgan fingerprint density at radius 2 is 1.59 bits per heavy atom. The predicted octanol–water partition coefficient (Wildman–Crippen LogP) is 3.81. The fourth-order valence-electron chi connectivity index (χ4n) is 2.45. The lowest BCUT2D eigenvalue weighted by Crippen LogP contribution is -2.38. The summed E-state index contributed by atoms with van der Waals surface area (Å²) in [7, 11) is 0. The van der Waals surface area contributed by atoms with Gasteiger partial charge in [-0.05, 0) is 25.7 Å². The first-order valence-electron chi connectivity index (χ1n) is 6.64. The number of rotatable bonds is 5. The Morgan fingerprint density at radius 1 is 1.05 bits per heavy atom. The maximum atomic E-state index is 14.0. The van der Waals surface area contributed by atoms with Crippen LogP contribution in [0.25, 0.3) is 0 Å². The second kappa shape index (κ2) is 6.50. The number of hydrogen-bond donors (Lipinski definition) is 0. The molecule has 1 aliphatic carbocycles. The molecule has 2 rings (SSSR count). The highest BCUT2D eigenvalue weighted by Gasteiger charge is 2.44. The largest absolute Gasteiger partial charge is 0.465 e. The number of hydrogen-bond acceptors (Lipinski definition) is 3. The van der Waals surface area contributed by atoms with E-state index in [4.69, 9.17) is 4.74 Å². The predicted molar refractivity (Wildman–Crippen MR) is 64.8 cm³/mol. The molecule has 22 heavy (non-hydrogen) atoms. The molecule has 0 bridgehead atoms. The molecular weight excluding hydrogens is 311 g/mol. The fourth-order valence-corrected chi connectivity index (χ4v) is 2.45. The first-order valence-corrected chi connectivity index (χ1v) is 6.64. The van der Waals surface area contributed by atoms with Crippen molar-refractivity contribution in [3.05, 3.63) is 29.6 Å². The average molecular weight is 324 g/mol. The number of alkyl halides is 2. The van der Waals surface area contributed by atoms with E-state index in [9.17, 15) is 26.7 Å². The van der Waals surface area contributed by atoms with E-state index in [1.807, 2.05) is 0 Å². The lowest BCUT2D eigenvalue weighted by atomic mass is 9.86. The normalized spacial score (nSPS) is 22.2. The summed E-state index contributed by atoms with van der Waals surface area (Å²) in [4.78, 5) is 10.2. The first kappa shape index (κ1) is 16.5. The van der Waals surface area contributed by atoms with Crippen LogP contribution in [0.4, 0.5) is 22.0 Å². The SMILES string of the molecule is O=COC1CCC(C(F)(F)Oc2cc(F)c(F)c(F)c2)CC1. The Kier molecular flexibility index (Phi) is 4.87. The molecule has 1 fully saturated rings. The average Bonchev–Trinajstić information content (AvgIpc) is 2.45. The number of carbonyl (C=O) groups is 1. The van der Waals surface area contributed by atoms with E-state index in [0.29, 0.717) is 12.1 Å². The zero-order valence-corrected chi connectivity index (χ0v) is 11.3. The number of carbonyl (C=O) groups excluding carboxylic acids is 1. The zero-order chi connectivity index (χ0) is 16.3. The molecule has 0 N–H and O–H groups in total. The van der Waals surface area contributed by atoms with Crippen molar-refractivity contribution >= 4 is 6.47 Å². The third kappa shape index (κ3) is 3.66. The van der Waals surface area contributed by atoms with Gasteiger partial charge in [0.1, 0.15) is 11.9 Å². The Hall–Kier alpha value is -1.86. The highest BCUT2D eigenvalue weighted by molar-refractivity contribution is 5.37. The van der Waals surface area contributed by atoms with Crippen LogP contribution < -0.4 is 4.74 Å². The van der Waals surface area contributed by atoms with Crippen molar-refractivity contribution in [2.24, 2.45) is 5.92 Å². The third-order valence-corrected chi connectivity index (χ3v) is 3.61. The van der Waals surface area contributed by atoms with E-state index >= 15 is 0 Å². The van der Waals surface area contributed by atoms with Gasteiger partial charge in [-0.3, -0.25) is 4.79 Å². The zero-order valence-electron chi connectivity index (χ0n) is 11.3. The molecule has 1 saturated carbocycles. The summed E-state index contributed by atoms with van der Waals surface area (Å²) in [6.45, 7) is 0.268. The maximum absolute atomic E-state index is 14.0. The van der Waals surface area contributed by atoms with Gasteiger partial charge < -0.3 is 9.47 Å². The van der Waals surface area contributed by atoms with Gasteiger partial charge in [-0.1, -0.05) is 0 Å². The van der Waals surface area contributed by atoms with E-state index < -0.39 is 41.3 Å². The van der Waals surface area contributed by atoms with Crippen molar-refractivity contribution < 1.29 is 36.2 Å². The lowest BCUT2D eigenvalue weighted by molar-refractivity contribution is -0.225. The summed E-state index contributed by atoms with van der Waals surface area (Å²) in [5.74, 6) is -6.92. The molecule has 1 aromatic carbocycles. The molecular formula is C14H13F5O3. The maximum Gasteiger partial charge on any atom is 0.400 e. The Balaban J connectivity index is 2.04. The molecule has 122 valence electrons. The second-order valence-electron chi connectivity index (χ2n) is 5.07. The minimum absolute atomic E-state index is 0.0255. The summed E-state index contributed by atoms with van der Waals surface area (Å²) >= 11 is 0. The molecule has 3 nitrogen and oxygen atoms in total. The van der Waals surface area contributed by atoms with Crippen molar-refractivity contribution in [3.63, 3.8) is 0 Å². The van der Waals surface area contributed by atoms with E-state index in [-0.39, 0.29) is 32.2 Å². The van der Waals surface area contributed by atoms with E-state index in [0.717, 1.165) is 0 Å². The van der Waals surface area contributed by atoms with Gasteiger partial charge in [-0.25, -0.2) is 13.2 Å². The monoisotopic (exact) mass is 324 g/mol. The summed E-state index contributed by atoms with van der Waals surface area (Å²) in [5.41, 5.74) is 0. The molecule has 0 saturated heterocycles. The van der Waals surface area contributed by atoms with Gasteiger partial charge in [0.15, 0.2) is 17.5 Å². The Morgan fingerprint density at radius 3 is 2.09 bits per heavy atom.